The second kappa shape index (κ2) is 8.79. The Morgan fingerprint density at radius 2 is 1.83 bits per heavy atom. The summed E-state index contributed by atoms with van der Waals surface area (Å²) in [5, 5.41) is 22.4. The lowest BCUT2D eigenvalue weighted by atomic mass is 9.94. The number of carboxylic acid groups (broad SMARTS) is 1. The second-order valence-corrected chi connectivity index (χ2v) is 8.12. The number of nitrogens with zero attached hydrogens (tertiary/aromatic N) is 5. The van der Waals surface area contributed by atoms with Crippen LogP contribution in [0.2, 0.25) is 0 Å². The Morgan fingerprint density at radius 1 is 1.13 bits per heavy atom. The fourth-order valence-electron chi connectivity index (χ4n) is 4.09. The minimum absolute atomic E-state index is 0.307. The van der Waals surface area contributed by atoms with Gasteiger partial charge in [-0.25, -0.2) is 0 Å². The van der Waals surface area contributed by atoms with E-state index in [1.54, 1.807) is 0 Å². The molecule has 8 heteroatoms. The van der Waals surface area contributed by atoms with Gasteiger partial charge in [0.25, 0.3) is 0 Å². The van der Waals surface area contributed by atoms with Crippen LogP contribution in [0, 0.1) is 0 Å². The van der Waals surface area contributed by atoms with E-state index in [0.29, 0.717) is 18.9 Å². The zero-order valence-electron chi connectivity index (χ0n) is 17.2. The molecule has 8 nitrogen and oxygen atoms in total. The van der Waals surface area contributed by atoms with E-state index in [1.165, 1.54) is 32.1 Å². The molecule has 1 atom stereocenters. The number of benzene rings is 1. The molecule has 0 bridgehead atoms. The molecule has 0 spiro atoms. The summed E-state index contributed by atoms with van der Waals surface area (Å²) in [7, 11) is 2.12. The molecule has 2 heterocycles. The molecule has 2 aromatic heterocycles. The molecule has 158 valence electrons. The van der Waals surface area contributed by atoms with Crippen molar-refractivity contribution in [2.75, 3.05) is 11.9 Å². The van der Waals surface area contributed by atoms with Crippen molar-refractivity contribution < 1.29 is 9.90 Å². The third kappa shape index (κ3) is 4.43. The predicted molar refractivity (Wildman–Crippen MR) is 115 cm³/mol. The Bertz CT molecular complexity index is 1010. The Labute approximate surface area is 175 Å². The first-order chi connectivity index (χ1) is 14.5. The largest absolute Gasteiger partial charge is 0.480 e. The van der Waals surface area contributed by atoms with Crippen molar-refractivity contribution in [1.29, 1.82) is 0 Å². The van der Waals surface area contributed by atoms with Gasteiger partial charge in [-0.1, -0.05) is 43.5 Å². The van der Waals surface area contributed by atoms with Gasteiger partial charge in [0.05, 0.1) is 0 Å². The van der Waals surface area contributed by atoms with Gasteiger partial charge < -0.3 is 15.7 Å². The molecule has 4 rings (SSSR count). The number of fused-ring (bicyclic) bond motifs is 1. The van der Waals surface area contributed by atoms with Crippen molar-refractivity contribution in [3.05, 3.63) is 53.3 Å². The van der Waals surface area contributed by atoms with Gasteiger partial charge in [-0.3, -0.25) is 4.79 Å². The molecule has 1 saturated carbocycles. The molecular weight excluding hydrogens is 380 g/mol. The van der Waals surface area contributed by atoms with Gasteiger partial charge in [0, 0.05) is 19.5 Å². The first-order valence-electron chi connectivity index (χ1n) is 10.5. The summed E-state index contributed by atoms with van der Waals surface area (Å²) in [6, 6.07) is 11.4. The predicted octanol–water partition coefficient (Wildman–Crippen LogP) is 2.44. The molecule has 1 fully saturated rings. The molecule has 0 radical (unpaired) electrons. The summed E-state index contributed by atoms with van der Waals surface area (Å²) in [5.74, 6) is 0.724. The number of hydrogen-bond donors (Lipinski definition) is 2. The van der Waals surface area contributed by atoms with Crippen LogP contribution >= 0.6 is 0 Å². The van der Waals surface area contributed by atoms with Crippen molar-refractivity contribution in [2.24, 2.45) is 5.73 Å². The van der Waals surface area contributed by atoms with E-state index < -0.39 is 12.0 Å². The number of anilines is 1. The average molecular weight is 409 g/mol. The molecular formula is C22H28N6O2. The van der Waals surface area contributed by atoms with Crippen LogP contribution in [0.3, 0.4) is 0 Å². The van der Waals surface area contributed by atoms with Crippen LogP contribution < -0.4 is 10.6 Å². The lowest BCUT2D eigenvalue weighted by molar-refractivity contribution is -0.138. The molecule has 1 aromatic carbocycles. The Kier molecular flexibility index (Phi) is 5.94. The minimum atomic E-state index is -0.992. The standard InChI is InChI=1S/C22H28N6O2/c1-27(17-5-3-2-4-6-17)20-12-11-19-24-25-21(28(19)26-20)14-16-9-7-15(8-10-16)13-18(23)22(29)30/h7-12,17-18H,2-6,13-14,23H2,1H3,(H,29,30)/t18-/m0/s1. The molecule has 0 saturated heterocycles. The normalized spacial score (nSPS) is 15.9. The maximum Gasteiger partial charge on any atom is 0.320 e. The summed E-state index contributed by atoms with van der Waals surface area (Å²) in [6.07, 6.45) is 7.21. The molecule has 3 aromatic rings. The van der Waals surface area contributed by atoms with Crippen LogP contribution in [0.25, 0.3) is 5.65 Å². The number of aromatic nitrogens is 4. The highest BCUT2D eigenvalue weighted by Crippen LogP contribution is 2.25. The van der Waals surface area contributed by atoms with Crippen molar-refractivity contribution in [3.63, 3.8) is 0 Å². The van der Waals surface area contributed by atoms with E-state index in [0.717, 1.165) is 28.4 Å². The highest BCUT2D eigenvalue weighted by Gasteiger charge is 2.20. The Balaban J connectivity index is 1.51. The number of rotatable bonds is 7. The summed E-state index contributed by atoms with van der Waals surface area (Å²) in [5.41, 5.74) is 8.31. The van der Waals surface area contributed by atoms with Crippen molar-refractivity contribution >= 4 is 17.4 Å². The Morgan fingerprint density at radius 3 is 2.53 bits per heavy atom. The third-order valence-electron chi connectivity index (χ3n) is 5.96. The third-order valence-corrected chi connectivity index (χ3v) is 5.96. The van der Waals surface area contributed by atoms with Gasteiger partial charge in [0.15, 0.2) is 11.5 Å². The van der Waals surface area contributed by atoms with Gasteiger partial charge >= 0.3 is 5.97 Å². The number of aliphatic carboxylic acids is 1. The summed E-state index contributed by atoms with van der Waals surface area (Å²) >= 11 is 0. The SMILES string of the molecule is CN(c1ccc2nnc(Cc3ccc(C[C@H](N)C(=O)O)cc3)n2n1)C1CCCCC1. The smallest absolute Gasteiger partial charge is 0.320 e. The van der Waals surface area contributed by atoms with E-state index in [-0.39, 0.29) is 0 Å². The molecule has 0 unspecified atom stereocenters. The van der Waals surface area contributed by atoms with Crippen LogP contribution in [0.5, 0.6) is 0 Å². The molecule has 0 amide bonds. The lowest BCUT2D eigenvalue weighted by Crippen LogP contribution is -2.34. The molecule has 3 N–H and O–H groups in total. The molecule has 1 aliphatic rings. The second-order valence-electron chi connectivity index (χ2n) is 8.12. The van der Waals surface area contributed by atoms with Gasteiger partial charge in [-0.2, -0.15) is 4.52 Å². The van der Waals surface area contributed by atoms with E-state index in [2.05, 4.69) is 22.1 Å². The van der Waals surface area contributed by atoms with Crippen LogP contribution in [0.4, 0.5) is 5.82 Å². The fourth-order valence-corrected chi connectivity index (χ4v) is 4.09. The first kappa shape index (κ1) is 20.3. The Hall–Kier alpha value is -3.00. The summed E-state index contributed by atoms with van der Waals surface area (Å²) in [6.45, 7) is 0. The first-order valence-corrected chi connectivity index (χ1v) is 10.5. The van der Waals surface area contributed by atoms with E-state index in [4.69, 9.17) is 15.9 Å². The highest BCUT2D eigenvalue weighted by molar-refractivity contribution is 5.73. The van der Waals surface area contributed by atoms with Gasteiger partial charge in [0.1, 0.15) is 11.9 Å². The lowest BCUT2D eigenvalue weighted by Gasteiger charge is -2.31. The molecule has 1 aliphatic carbocycles. The van der Waals surface area contributed by atoms with Crippen molar-refractivity contribution in [1.82, 2.24) is 19.8 Å². The van der Waals surface area contributed by atoms with E-state index >= 15 is 0 Å². The van der Waals surface area contributed by atoms with Crippen LogP contribution in [0.1, 0.15) is 49.1 Å². The molecule has 30 heavy (non-hydrogen) atoms. The van der Waals surface area contributed by atoms with Crippen molar-refractivity contribution in [3.8, 4) is 0 Å². The van der Waals surface area contributed by atoms with E-state index in [9.17, 15) is 4.79 Å². The van der Waals surface area contributed by atoms with Gasteiger partial charge in [-0.15, -0.1) is 15.3 Å². The van der Waals surface area contributed by atoms with Crippen LogP contribution in [-0.2, 0) is 17.6 Å². The summed E-state index contributed by atoms with van der Waals surface area (Å²) < 4.78 is 1.82. The maximum atomic E-state index is 10.9. The number of nitrogens with two attached hydrogens (primary N) is 1. The zero-order valence-corrected chi connectivity index (χ0v) is 17.2. The number of hydrogen-bond acceptors (Lipinski definition) is 6. The maximum absolute atomic E-state index is 10.9. The number of carbonyl (C=O) groups is 1. The van der Waals surface area contributed by atoms with E-state index in [1.807, 2.05) is 40.9 Å². The topological polar surface area (TPSA) is 110 Å². The highest BCUT2D eigenvalue weighted by atomic mass is 16.4. The summed E-state index contributed by atoms with van der Waals surface area (Å²) in [4.78, 5) is 13.2. The fraction of sp³-hybridized carbons (Fsp3) is 0.455. The quantitative estimate of drug-likeness (QED) is 0.618. The van der Waals surface area contributed by atoms with Crippen molar-refractivity contribution in [2.45, 2.75) is 57.0 Å². The monoisotopic (exact) mass is 408 g/mol. The average Bonchev–Trinajstić information content (AvgIpc) is 3.17. The minimum Gasteiger partial charge on any atom is -0.480 e. The zero-order chi connectivity index (χ0) is 21.1. The number of carboxylic acids is 1. The van der Waals surface area contributed by atoms with Gasteiger partial charge in [-0.05, 0) is 42.5 Å². The van der Waals surface area contributed by atoms with Crippen LogP contribution in [-0.4, -0.2) is 50.0 Å². The molecule has 0 aliphatic heterocycles. The van der Waals surface area contributed by atoms with Crippen LogP contribution in [0.15, 0.2) is 36.4 Å². The van der Waals surface area contributed by atoms with Gasteiger partial charge in [0.2, 0.25) is 0 Å².